The molecule has 0 spiro atoms. The van der Waals surface area contributed by atoms with Gasteiger partial charge in [0.15, 0.2) is 0 Å². The standard InChI is InChI=1S/C22H23N3O4/c1-4-24(5-2)16-12-10-15(11-13-16)20(26)23-25-14-19(22(28)29-3)17-8-6-7-9-18(17)21(25)27/h6-14H,4-5H2,1-3H3,(H,23,26). The second-order valence-electron chi connectivity index (χ2n) is 6.42. The highest BCUT2D eigenvalue weighted by Crippen LogP contribution is 2.17. The van der Waals surface area contributed by atoms with Gasteiger partial charge in [0.05, 0.1) is 12.7 Å². The highest BCUT2D eigenvalue weighted by Gasteiger charge is 2.16. The molecular weight excluding hydrogens is 370 g/mol. The van der Waals surface area contributed by atoms with Gasteiger partial charge in [0.2, 0.25) is 0 Å². The number of pyridine rings is 1. The van der Waals surface area contributed by atoms with Crippen LogP contribution in [0.3, 0.4) is 0 Å². The summed E-state index contributed by atoms with van der Waals surface area (Å²) in [6.07, 6.45) is 1.29. The van der Waals surface area contributed by atoms with Crippen molar-refractivity contribution in [2.45, 2.75) is 13.8 Å². The van der Waals surface area contributed by atoms with Gasteiger partial charge in [0, 0.05) is 41.3 Å². The average molecular weight is 393 g/mol. The number of carbonyl (C=O) groups is 2. The van der Waals surface area contributed by atoms with Crippen LogP contribution in [0.5, 0.6) is 0 Å². The number of hydrogen-bond donors (Lipinski definition) is 1. The number of carbonyl (C=O) groups excluding carboxylic acids is 2. The smallest absolute Gasteiger partial charge is 0.340 e. The van der Waals surface area contributed by atoms with E-state index in [4.69, 9.17) is 4.74 Å². The van der Waals surface area contributed by atoms with E-state index in [1.165, 1.54) is 13.3 Å². The Labute approximate surface area is 168 Å². The van der Waals surface area contributed by atoms with Crippen LogP contribution in [-0.4, -0.2) is 36.8 Å². The van der Waals surface area contributed by atoms with Crippen LogP contribution in [-0.2, 0) is 4.74 Å². The largest absolute Gasteiger partial charge is 0.465 e. The number of hydrogen-bond acceptors (Lipinski definition) is 5. The predicted octanol–water partition coefficient (Wildman–Crippen LogP) is 3.02. The second-order valence-corrected chi connectivity index (χ2v) is 6.42. The lowest BCUT2D eigenvalue weighted by Gasteiger charge is -2.21. The summed E-state index contributed by atoms with van der Waals surface area (Å²) in [5, 5.41) is 0.783. The Morgan fingerprint density at radius 2 is 1.62 bits per heavy atom. The number of nitrogens with one attached hydrogen (secondary N) is 1. The number of methoxy groups -OCH3 is 1. The number of nitrogens with zero attached hydrogens (tertiary/aromatic N) is 2. The van der Waals surface area contributed by atoms with Crippen LogP contribution in [0, 0.1) is 0 Å². The third-order valence-corrected chi connectivity index (χ3v) is 4.81. The zero-order valence-corrected chi connectivity index (χ0v) is 16.6. The molecule has 1 aromatic heterocycles. The monoisotopic (exact) mass is 393 g/mol. The minimum atomic E-state index is -0.590. The fraction of sp³-hybridized carbons (Fsp3) is 0.227. The summed E-state index contributed by atoms with van der Waals surface area (Å²) in [5.74, 6) is -1.04. The van der Waals surface area contributed by atoms with Crippen molar-refractivity contribution in [3.8, 4) is 0 Å². The van der Waals surface area contributed by atoms with Gasteiger partial charge in [-0.2, -0.15) is 0 Å². The number of fused-ring (bicyclic) bond motifs is 1. The van der Waals surface area contributed by atoms with Crippen molar-refractivity contribution in [3.05, 3.63) is 76.2 Å². The Kier molecular flexibility index (Phi) is 5.97. The van der Waals surface area contributed by atoms with Crippen LogP contribution in [0.15, 0.2) is 59.5 Å². The lowest BCUT2D eigenvalue weighted by molar-refractivity contribution is 0.0601. The van der Waals surface area contributed by atoms with Gasteiger partial charge in [-0.1, -0.05) is 18.2 Å². The van der Waals surface area contributed by atoms with Crippen LogP contribution in [0.1, 0.15) is 34.6 Å². The van der Waals surface area contributed by atoms with Gasteiger partial charge >= 0.3 is 5.97 Å². The number of aromatic nitrogens is 1. The molecule has 0 bridgehead atoms. The van der Waals surface area contributed by atoms with Crippen molar-refractivity contribution in [1.29, 1.82) is 0 Å². The molecule has 7 nitrogen and oxygen atoms in total. The maximum Gasteiger partial charge on any atom is 0.340 e. The van der Waals surface area contributed by atoms with Crippen LogP contribution in [0.25, 0.3) is 10.8 Å². The molecule has 2 aromatic carbocycles. The summed E-state index contributed by atoms with van der Waals surface area (Å²) in [4.78, 5) is 39.8. The minimum Gasteiger partial charge on any atom is -0.465 e. The first-order valence-electron chi connectivity index (χ1n) is 9.39. The summed E-state index contributed by atoms with van der Waals surface area (Å²) in [6, 6.07) is 13.8. The molecule has 7 heteroatoms. The number of anilines is 1. The van der Waals surface area contributed by atoms with Crippen molar-refractivity contribution < 1.29 is 14.3 Å². The Bertz CT molecular complexity index is 1100. The van der Waals surface area contributed by atoms with Gasteiger partial charge in [0.25, 0.3) is 11.5 Å². The van der Waals surface area contributed by atoms with Gasteiger partial charge in [-0.25, -0.2) is 9.47 Å². The molecule has 29 heavy (non-hydrogen) atoms. The Morgan fingerprint density at radius 1 is 1.00 bits per heavy atom. The molecule has 150 valence electrons. The van der Waals surface area contributed by atoms with Crippen LogP contribution in [0.2, 0.25) is 0 Å². The molecule has 0 atom stereocenters. The summed E-state index contributed by atoms with van der Waals surface area (Å²) >= 11 is 0. The number of ether oxygens (including phenoxy) is 1. The molecule has 0 aliphatic rings. The summed E-state index contributed by atoms with van der Waals surface area (Å²) < 4.78 is 5.84. The normalized spacial score (nSPS) is 10.6. The van der Waals surface area contributed by atoms with Gasteiger partial charge in [-0.15, -0.1) is 0 Å². The number of rotatable bonds is 6. The van der Waals surface area contributed by atoms with Crippen molar-refractivity contribution in [2.24, 2.45) is 0 Å². The van der Waals surface area contributed by atoms with Crippen molar-refractivity contribution in [2.75, 3.05) is 30.5 Å². The quantitative estimate of drug-likeness (QED) is 0.651. The fourth-order valence-electron chi connectivity index (χ4n) is 3.23. The molecule has 0 saturated heterocycles. The molecular formula is C22H23N3O4. The van der Waals surface area contributed by atoms with E-state index in [2.05, 4.69) is 24.2 Å². The zero-order chi connectivity index (χ0) is 21.0. The molecule has 0 aliphatic heterocycles. The van der Waals surface area contributed by atoms with E-state index in [9.17, 15) is 14.4 Å². The van der Waals surface area contributed by atoms with Crippen LogP contribution >= 0.6 is 0 Å². The predicted molar refractivity (Wildman–Crippen MR) is 113 cm³/mol. The second kappa shape index (κ2) is 8.60. The van der Waals surface area contributed by atoms with Crippen LogP contribution < -0.4 is 15.9 Å². The highest BCUT2D eigenvalue weighted by molar-refractivity contribution is 6.04. The third-order valence-electron chi connectivity index (χ3n) is 4.81. The molecule has 0 aliphatic carbocycles. The molecule has 1 heterocycles. The van der Waals surface area contributed by atoms with E-state index in [1.807, 2.05) is 12.1 Å². The number of amides is 1. The number of esters is 1. The Hall–Kier alpha value is -3.61. The first kappa shape index (κ1) is 20.1. The van der Waals surface area contributed by atoms with Crippen molar-refractivity contribution in [1.82, 2.24) is 4.68 Å². The molecule has 0 fully saturated rings. The van der Waals surface area contributed by atoms with Gasteiger partial charge in [-0.3, -0.25) is 15.0 Å². The average Bonchev–Trinajstić information content (AvgIpc) is 2.76. The van der Waals surface area contributed by atoms with Crippen molar-refractivity contribution in [3.63, 3.8) is 0 Å². The van der Waals surface area contributed by atoms with Crippen LogP contribution in [0.4, 0.5) is 5.69 Å². The SMILES string of the molecule is CCN(CC)c1ccc(C(=O)Nn2cc(C(=O)OC)c3ccccc3c2=O)cc1. The molecule has 0 saturated carbocycles. The molecule has 3 rings (SSSR count). The van der Waals surface area contributed by atoms with E-state index >= 15 is 0 Å². The van der Waals surface area contributed by atoms with E-state index < -0.39 is 17.4 Å². The first-order chi connectivity index (χ1) is 14.0. The molecule has 1 amide bonds. The molecule has 3 aromatic rings. The molecule has 1 N–H and O–H groups in total. The maximum absolute atomic E-state index is 12.8. The summed E-state index contributed by atoms with van der Waals surface area (Å²) in [5.41, 5.74) is 3.74. The minimum absolute atomic E-state index is 0.194. The van der Waals surface area contributed by atoms with Gasteiger partial charge in [-0.05, 0) is 44.2 Å². The van der Waals surface area contributed by atoms with Crippen molar-refractivity contribution >= 4 is 28.3 Å². The Balaban J connectivity index is 1.95. The fourth-order valence-corrected chi connectivity index (χ4v) is 3.23. The van der Waals surface area contributed by atoms with E-state index in [1.54, 1.807) is 36.4 Å². The third kappa shape index (κ3) is 3.99. The molecule has 0 unspecified atom stereocenters. The Morgan fingerprint density at radius 3 is 2.21 bits per heavy atom. The molecule has 0 radical (unpaired) electrons. The lowest BCUT2D eigenvalue weighted by atomic mass is 10.1. The first-order valence-corrected chi connectivity index (χ1v) is 9.39. The number of benzene rings is 2. The van der Waals surface area contributed by atoms with Gasteiger partial charge < -0.3 is 9.64 Å². The van der Waals surface area contributed by atoms with E-state index in [0.717, 1.165) is 23.5 Å². The zero-order valence-electron chi connectivity index (χ0n) is 16.6. The lowest BCUT2D eigenvalue weighted by Crippen LogP contribution is -2.33. The van der Waals surface area contributed by atoms with Gasteiger partial charge in [0.1, 0.15) is 0 Å². The topological polar surface area (TPSA) is 80.6 Å². The highest BCUT2D eigenvalue weighted by atomic mass is 16.5. The maximum atomic E-state index is 12.8. The van der Waals surface area contributed by atoms with E-state index in [-0.39, 0.29) is 5.56 Å². The summed E-state index contributed by atoms with van der Waals surface area (Å²) in [7, 11) is 1.27. The summed E-state index contributed by atoms with van der Waals surface area (Å²) in [6.45, 7) is 5.86. The van der Waals surface area contributed by atoms with E-state index in [0.29, 0.717) is 16.3 Å².